The summed E-state index contributed by atoms with van der Waals surface area (Å²) in [6, 6.07) is 5.90. The van der Waals surface area contributed by atoms with Crippen LogP contribution in [0.4, 0.5) is 0 Å². The smallest absolute Gasteiger partial charge is 0.0897 e. The van der Waals surface area contributed by atoms with Crippen LogP contribution in [0, 0.1) is 6.92 Å². The summed E-state index contributed by atoms with van der Waals surface area (Å²) in [5.74, 6) is 0. The molecule has 0 bridgehead atoms. The van der Waals surface area contributed by atoms with Crippen molar-refractivity contribution in [1.82, 2.24) is 10.3 Å². The summed E-state index contributed by atoms with van der Waals surface area (Å²) in [5.41, 5.74) is 1.97. The van der Waals surface area contributed by atoms with Gasteiger partial charge in [0.15, 0.2) is 0 Å². The van der Waals surface area contributed by atoms with E-state index in [9.17, 15) is 5.11 Å². The Morgan fingerprint density at radius 2 is 2.16 bits per heavy atom. The number of nitrogens with zero attached hydrogens (tertiary/aromatic N) is 1. The molecule has 1 rings (SSSR count). The van der Waals surface area contributed by atoms with E-state index >= 15 is 0 Å². The van der Waals surface area contributed by atoms with Gasteiger partial charge >= 0.3 is 0 Å². The van der Waals surface area contributed by atoms with E-state index in [1.54, 1.807) is 7.11 Å². The van der Waals surface area contributed by atoms with E-state index in [2.05, 4.69) is 10.3 Å². The lowest BCUT2D eigenvalue weighted by Gasteiger charge is -2.16. The first-order valence-electron chi connectivity index (χ1n) is 6.53. The molecule has 0 aliphatic rings. The Balaban J connectivity index is 2.15. The highest BCUT2D eigenvalue weighted by Gasteiger charge is 2.07. The van der Waals surface area contributed by atoms with Crippen molar-refractivity contribution in [2.75, 3.05) is 26.9 Å². The molecule has 0 aliphatic heterocycles. The highest BCUT2D eigenvalue weighted by molar-refractivity contribution is 5.09. The Morgan fingerprint density at radius 3 is 2.84 bits per heavy atom. The van der Waals surface area contributed by atoms with E-state index < -0.39 is 6.10 Å². The Kier molecular flexibility index (Phi) is 7.59. The van der Waals surface area contributed by atoms with Gasteiger partial charge in [-0.15, -0.1) is 0 Å². The van der Waals surface area contributed by atoms with E-state index in [0.717, 1.165) is 11.4 Å². The van der Waals surface area contributed by atoms with Crippen molar-refractivity contribution >= 4 is 0 Å². The zero-order chi connectivity index (χ0) is 14.1. The first kappa shape index (κ1) is 16.0. The number of aromatic nitrogens is 1. The Bertz CT molecular complexity index is 360. The third-order valence-corrected chi connectivity index (χ3v) is 2.61. The minimum Gasteiger partial charge on any atom is -0.389 e. The highest BCUT2D eigenvalue weighted by atomic mass is 16.5. The molecule has 0 saturated carbocycles. The Labute approximate surface area is 115 Å². The van der Waals surface area contributed by atoms with E-state index in [0.29, 0.717) is 26.3 Å². The molecule has 0 amide bonds. The average molecular weight is 268 g/mol. The van der Waals surface area contributed by atoms with Gasteiger partial charge in [0.2, 0.25) is 0 Å². The van der Waals surface area contributed by atoms with Crippen molar-refractivity contribution in [3.63, 3.8) is 0 Å². The van der Waals surface area contributed by atoms with Crippen molar-refractivity contribution < 1.29 is 14.6 Å². The number of aliphatic hydroxyl groups is 1. The summed E-state index contributed by atoms with van der Waals surface area (Å²) in [6.45, 7) is 5.84. The molecule has 0 radical (unpaired) electrons. The quantitative estimate of drug-likeness (QED) is 0.696. The molecule has 2 atom stereocenters. The predicted molar refractivity (Wildman–Crippen MR) is 74.0 cm³/mol. The van der Waals surface area contributed by atoms with Crippen molar-refractivity contribution in [1.29, 1.82) is 0 Å². The fraction of sp³-hybridized carbons (Fsp3) is 0.643. The third-order valence-electron chi connectivity index (χ3n) is 2.61. The highest BCUT2D eigenvalue weighted by Crippen LogP contribution is 1.98. The first-order chi connectivity index (χ1) is 9.11. The van der Waals surface area contributed by atoms with E-state index in [-0.39, 0.29) is 6.10 Å². The summed E-state index contributed by atoms with van der Waals surface area (Å²) >= 11 is 0. The van der Waals surface area contributed by atoms with Crippen LogP contribution in [-0.4, -0.2) is 49.2 Å². The van der Waals surface area contributed by atoms with Crippen LogP contribution in [0.25, 0.3) is 0 Å². The maximum atomic E-state index is 9.75. The second kappa shape index (κ2) is 8.98. The van der Waals surface area contributed by atoms with Gasteiger partial charge in [-0.2, -0.15) is 0 Å². The predicted octanol–water partition coefficient (Wildman–Crippen LogP) is 0.892. The molecule has 1 heterocycles. The van der Waals surface area contributed by atoms with Gasteiger partial charge in [0.05, 0.1) is 31.1 Å². The zero-order valence-electron chi connectivity index (χ0n) is 11.9. The molecule has 0 saturated heterocycles. The van der Waals surface area contributed by atoms with Crippen LogP contribution in [0.5, 0.6) is 0 Å². The van der Waals surface area contributed by atoms with Crippen LogP contribution in [0.3, 0.4) is 0 Å². The van der Waals surface area contributed by atoms with Crippen molar-refractivity contribution in [2.24, 2.45) is 0 Å². The minimum absolute atomic E-state index is 0.00177. The fourth-order valence-corrected chi connectivity index (χ4v) is 1.68. The summed E-state index contributed by atoms with van der Waals surface area (Å²) in [5, 5.41) is 12.9. The van der Waals surface area contributed by atoms with Gasteiger partial charge in [0.1, 0.15) is 0 Å². The van der Waals surface area contributed by atoms with Gasteiger partial charge in [-0.05, 0) is 26.0 Å². The molecule has 1 aromatic heterocycles. The van der Waals surface area contributed by atoms with E-state index in [1.165, 1.54) is 0 Å². The molecule has 1 aromatic rings. The molecule has 5 heteroatoms. The van der Waals surface area contributed by atoms with Gasteiger partial charge < -0.3 is 19.9 Å². The fourth-order valence-electron chi connectivity index (χ4n) is 1.68. The number of hydrogen-bond acceptors (Lipinski definition) is 5. The van der Waals surface area contributed by atoms with Crippen molar-refractivity contribution in [3.8, 4) is 0 Å². The molecule has 0 spiro atoms. The van der Waals surface area contributed by atoms with E-state index in [1.807, 2.05) is 32.0 Å². The summed E-state index contributed by atoms with van der Waals surface area (Å²) < 4.78 is 10.4. The molecular weight excluding hydrogens is 244 g/mol. The van der Waals surface area contributed by atoms with Gasteiger partial charge in [-0.3, -0.25) is 4.98 Å². The molecule has 2 unspecified atom stereocenters. The summed E-state index contributed by atoms with van der Waals surface area (Å²) in [4.78, 5) is 4.38. The molecule has 0 aromatic carbocycles. The zero-order valence-corrected chi connectivity index (χ0v) is 11.9. The number of methoxy groups -OCH3 is 1. The monoisotopic (exact) mass is 268 g/mol. The maximum absolute atomic E-state index is 9.75. The molecule has 108 valence electrons. The van der Waals surface area contributed by atoms with Crippen LogP contribution in [0.1, 0.15) is 18.3 Å². The molecule has 5 nitrogen and oxygen atoms in total. The molecule has 0 aliphatic carbocycles. The van der Waals surface area contributed by atoms with Gasteiger partial charge in [0.25, 0.3) is 0 Å². The average Bonchev–Trinajstić information content (AvgIpc) is 2.37. The van der Waals surface area contributed by atoms with Gasteiger partial charge in [0, 0.05) is 25.9 Å². The number of ether oxygens (including phenoxy) is 2. The van der Waals surface area contributed by atoms with Crippen LogP contribution in [0.2, 0.25) is 0 Å². The topological polar surface area (TPSA) is 63.6 Å². The standard InChI is InChI=1S/C14H24N2O3/c1-11-5-4-6-13(16-11)7-15-8-14(17)10-19-12(2)9-18-3/h4-6,12,14-15,17H,7-10H2,1-3H3. The Hall–Kier alpha value is -1.01. The number of aliphatic hydroxyl groups excluding tert-OH is 1. The Morgan fingerprint density at radius 1 is 1.37 bits per heavy atom. The molecular formula is C14H24N2O3. The SMILES string of the molecule is COCC(C)OCC(O)CNCc1cccc(C)n1. The van der Waals surface area contributed by atoms with Gasteiger partial charge in [-0.1, -0.05) is 6.07 Å². The lowest BCUT2D eigenvalue weighted by atomic mass is 10.3. The first-order valence-corrected chi connectivity index (χ1v) is 6.53. The van der Waals surface area contributed by atoms with Crippen LogP contribution < -0.4 is 5.32 Å². The van der Waals surface area contributed by atoms with Crippen molar-refractivity contribution in [3.05, 3.63) is 29.6 Å². The summed E-state index contributed by atoms with van der Waals surface area (Å²) in [7, 11) is 1.63. The normalized spacial score (nSPS) is 14.3. The number of rotatable bonds is 9. The second-order valence-corrected chi connectivity index (χ2v) is 4.65. The lowest BCUT2D eigenvalue weighted by molar-refractivity contribution is -0.0311. The van der Waals surface area contributed by atoms with Crippen LogP contribution >= 0.6 is 0 Å². The minimum atomic E-state index is -0.524. The largest absolute Gasteiger partial charge is 0.389 e. The second-order valence-electron chi connectivity index (χ2n) is 4.65. The third kappa shape index (κ3) is 7.22. The number of nitrogens with one attached hydrogen (secondary N) is 1. The number of aryl methyl sites for hydroxylation is 1. The van der Waals surface area contributed by atoms with Gasteiger partial charge in [-0.25, -0.2) is 0 Å². The molecule has 0 fully saturated rings. The van der Waals surface area contributed by atoms with Crippen molar-refractivity contribution in [2.45, 2.75) is 32.6 Å². The molecule has 2 N–H and O–H groups in total. The molecule has 19 heavy (non-hydrogen) atoms. The van der Waals surface area contributed by atoms with E-state index in [4.69, 9.17) is 9.47 Å². The number of hydrogen-bond donors (Lipinski definition) is 2. The van der Waals surface area contributed by atoms with Crippen LogP contribution in [-0.2, 0) is 16.0 Å². The maximum Gasteiger partial charge on any atom is 0.0897 e. The number of pyridine rings is 1. The lowest BCUT2D eigenvalue weighted by Crippen LogP contribution is -2.32. The van der Waals surface area contributed by atoms with Crippen LogP contribution in [0.15, 0.2) is 18.2 Å². The summed E-state index contributed by atoms with van der Waals surface area (Å²) in [6.07, 6.45) is -0.526.